The van der Waals surface area contributed by atoms with E-state index in [2.05, 4.69) is 33.2 Å². The van der Waals surface area contributed by atoms with Gasteiger partial charge in [-0.25, -0.2) is 4.98 Å². The van der Waals surface area contributed by atoms with Crippen molar-refractivity contribution in [2.75, 3.05) is 50.1 Å². The van der Waals surface area contributed by atoms with Crippen LogP contribution < -0.4 is 20.5 Å². The van der Waals surface area contributed by atoms with E-state index in [0.717, 1.165) is 61.5 Å². The number of likely N-dealkylation sites (N-methyl/N-ethyl adjacent to an activating group) is 1. The maximum Gasteiger partial charge on any atom is 0.260 e. The van der Waals surface area contributed by atoms with Crippen molar-refractivity contribution in [3.8, 4) is 16.9 Å². The molecule has 10 heteroatoms. The Bertz CT molecular complexity index is 1630. The average molecular weight is 589 g/mol. The topological polar surface area (TPSA) is 84.7 Å². The van der Waals surface area contributed by atoms with Crippen LogP contribution in [0.5, 0.6) is 5.75 Å². The van der Waals surface area contributed by atoms with Crippen LogP contribution in [0.25, 0.3) is 22.2 Å². The third-order valence-corrected chi connectivity index (χ3v) is 8.15. The zero-order chi connectivity index (χ0) is 29.2. The molecule has 0 saturated carbocycles. The maximum absolute atomic E-state index is 13.9. The van der Waals surface area contributed by atoms with Crippen LogP contribution in [0, 0.1) is 0 Å². The Morgan fingerprint density at radius 1 is 1.10 bits per heavy atom. The zero-order valence-electron chi connectivity index (χ0n) is 24.3. The predicted molar refractivity (Wildman–Crippen MR) is 168 cm³/mol. The Hall–Kier alpha value is -3.66. The van der Waals surface area contributed by atoms with Crippen LogP contribution in [0.15, 0.2) is 59.5 Å². The quantitative estimate of drug-likeness (QED) is 0.286. The Balaban J connectivity index is 1.36. The Labute approximate surface area is 251 Å². The highest BCUT2D eigenvalue weighted by molar-refractivity contribution is 6.33. The van der Waals surface area contributed by atoms with Crippen molar-refractivity contribution in [1.82, 2.24) is 19.4 Å². The number of anilines is 3. The van der Waals surface area contributed by atoms with Gasteiger partial charge in [-0.15, -0.1) is 0 Å². The van der Waals surface area contributed by atoms with E-state index in [9.17, 15) is 4.79 Å². The number of nitrogens with one attached hydrogen (secondary N) is 1. The summed E-state index contributed by atoms with van der Waals surface area (Å²) in [5.74, 6) is 1.22. The fraction of sp³-hybridized carbons (Fsp3) is 0.406. The molecule has 220 valence electrons. The van der Waals surface area contributed by atoms with Gasteiger partial charge in [0.1, 0.15) is 11.4 Å². The average Bonchev–Trinajstić information content (AvgIpc) is 3.49. The molecular weight excluding hydrogens is 552 g/mol. The van der Waals surface area contributed by atoms with Gasteiger partial charge in [0.2, 0.25) is 5.95 Å². The van der Waals surface area contributed by atoms with Gasteiger partial charge in [0, 0.05) is 72.3 Å². The number of rotatable bonds is 8. The first-order valence-corrected chi connectivity index (χ1v) is 15.0. The monoisotopic (exact) mass is 588 g/mol. The molecule has 4 aromatic rings. The van der Waals surface area contributed by atoms with Gasteiger partial charge in [-0.2, -0.15) is 4.98 Å². The van der Waals surface area contributed by atoms with E-state index >= 15 is 0 Å². The van der Waals surface area contributed by atoms with Crippen LogP contribution in [-0.4, -0.2) is 71.5 Å². The number of nitrogens with zero attached hydrogens (tertiary/aromatic N) is 5. The number of hydrogen-bond acceptors (Lipinski definition) is 8. The molecule has 2 saturated heterocycles. The van der Waals surface area contributed by atoms with Gasteiger partial charge in [-0.1, -0.05) is 29.8 Å². The third kappa shape index (κ3) is 6.09. The van der Waals surface area contributed by atoms with Gasteiger partial charge in [0.15, 0.2) is 0 Å². The van der Waals surface area contributed by atoms with E-state index in [1.54, 1.807) is 16.8 Å². The summed E-state index contributed by atoms with van der Waals surface area (Å²) in [5, 5.41) is 4.62. The van der Waals surface area contributed by atoms with Crippen molar-refractivity contribution in [3.05, 3.63) is 70.1 Å². The molecule has 2 aliphatic rings. The lowest BCUT2D eigenvalue weighted by Gasteiger charge is -2.35. The summed E-state index contributed by atoms with van der Waals surface area (Å²) in [6.45, 7) is 9.10. The third-order valence-electron chi connectivity index (χ3n) is 7.82. The summed E-state index contributed by atoms with van der Waals surface area (Å²) >= 11 is 6.50. The first-order chi connectivity index (χ1) is 20.4. The SMILES string of the molecule is CC(C)Oc1cc(Nc2ncc3cc(-c4ccccc4Cl)c(=O)n(C[C@H]4CCCO4)c3n2)ccc1N1CCN(C)CC1. The van der Waals surface area contributed by atoms with Crippen LogP contribution in [0.4, 0.5) is 17.3 Å². The smallest absolute Gasteiger partial charge is 0.260 e. The van der Waals surface area contributed by atoms with Crippen LogP contribution in [0.3, 0.4) is 0 Å². The van der Waals surface area contributed by atoms with E-state index in [0.29, 0.717) is 40.9 Å². The standard InChI is InChI=1S/C32H37ClN6O3/c1-21(2)42-29-18-23(10-11-28(29)38-14-12-37(3)13-15-38)35-32-34-19-22-17-26(25-8-4-5-9-27(25)33)31(40)39(30(22)36-32)20-24-7-6-16-41-24/h4-5,8-11,17-19,21,24H,6-7,12-16,20H2,1-3H3,(H,34,35,36)/t24-/m1/s1. The molecule has 9 nitrogen and oxygen atoms in total. The van der Waals surface area contributed by atoms with E-state index in [1.807, 2.05) is 50.2 Å². The van der Waals surface area contributed by atoms with Gasteiger partial charge in [-0.3, -0.25) is 9.36 Å². The number of ether oxygens (including phenoxy) is 2. The first-order valence-electron chi connectivity index (χ1n) is 14.6. The first kappa shape index (κ1) is 28.5. The highest BCUT2D eigenvalue weighted by Crippen LogP contribution is 2.34. The van der Waals surface area contributed by atoms with Gasteiger partial charge in [-0.05, 0) is 58.0 Å². The van der Waals surface area contributed by atoms with Crippen LogP contribution in [-0.2, 0) is 11.3 Å². The summed E-state index contributed by atoms with van der Waals surface area (Å²) < 4.78 is 13.9. The molecule has 2 aromatic heterocycles. The molecule has 0 spiro atoms. The maximum atomic E-state index is 13.9. The number of hydrogen-bond donors (Lipinski definition) is 1. The van der Waals surface area contributed by atoms with Crippen molar-refractivity contribution in [2.45, 2.75) is 45.4 Å². The Morgan fingerprint density at radius 2 is 1.90 bits per heavy atom. The van der Waals surface area contributed by atoms with E-state index in [1.165, 1.54) is 0 Å². The predicted octanol–water partition coefficient (Wildman–Crippen LogP) is 5.57. The molecule has 6 rings (SSSR count). The highest BCUT2D eigenvalue weighted by Gasteiger charge is 2.22. The van der Waals surface area contributed by atoms with Crippen LogP contribution in [0.1, 0.15) is 26.7 Å². The Morgan fingerprint density at radius 3 is 2.64 bits per heavy atom. The van der Waals surface area contributed by atoms with Crippen molar-refractivity contribution in [1.29, 1.82) is 0 Å². The van der Waals surface area contributed by atoms with Crippen LogP contribution >= 0.6 is 11.6 Å². The molecule has 0 bridgehead atoms. The molecular formula is C32H37ClN6O3. The normalized spacial score (nSPS) is 17.7. The van der Waals surface area contributed by atoms with E-state index in [4.69, 9.17) is 26.1 Å². The lowest BCUT2D eigenvalue weighted by molar-refractivity contribution is 0.0971. The fourth-order valence-electron chi connectivity index (χ4n) is 5.63. The second kappa shape index (κ2) is 12.3. The van der Waals surface area contributed by atoms with Crippen molar-refractivity contribution in [3.63, 3.8) is 0 Å². The zero-order valence-corrected chi connectivity index (χ0v) is 25.1. The molecule has 2 aromatic carbocycles. The van der Waals surface area contributed by atoms with E-state index in [-0.39, 0.29) is 17.8 Å². The second-order valence-corrected chi connectivity index (χ2v) is 11.7. The summed E-state index contributed by atoms with van der Waals surface area (Å²) in [7, 11) is 2.15. The lowest BCUT2D eigenvalue weighted by atomic mass is 10.1. The Kier molecular flexibility index (Phi) is 8.33. The van der Waals surface area contributed by atoms with Gasteiger partial charge in [0.05, 0.1) is 24.4 Å². The van der Waals surface area contributed by atoms with Gasteiger partial charge in [0.25, 0.3) is 5.56 Å². The number of benzene rings is 2. The van der Waals surface area contributed by atoms with Crippen molar-refractivity contribution >= 4 is 40.0 Å². The minimum Gasteiger partial charge on any atom is -0.489 e. The molecule has 2 fully saturated rings. The van der Waals surface area contributed by atoms with Gasteiger partial charge >= 0.3 is 0 Å². The number of fused-ring (bicyclic) bond motifs is 1. The molecule has 2 aliphatic heterocycles. The molecule has 1 N–H and O–H groups in total. The fourth-order valence-corrected chi connectivity index (χ4v) is 5.87. The largest absolute Gasteiger partial charge is 0.489 e. The summed E-state index contributed by atoms with van der Waals surface area (Å²) in [6.07, 6.45) is 3.62. The summed E-state index contributed by atoms with van der Waals surface area (Å²) in [6, 6.07) is 15.3. The van der Waals surface area contributed by atoms with Crippen molar-refractivity contribution < 1.29 is 9.47 Å². The number of halogens is 1. The number of piperazine rings is 1. The van der Waals surface area contributed by atoms with Gasteiger partial charge < -0.3 is 24.6 Å². The molecule has 0 unspecified atom stereocenters. The molecule has 0 amide bonds. The molecule has 42 heavy (non-hydrogen) atoms. The number of aromatic nitrogens is 3. The van der Waals surface area contributed by atoms with Crippen molar-refractivity contribution in [2.24, 2.45) is 0 Å². The highest BCUT2D eigenvalue weighted by atomic mass is 35.5. The molecule has 1 atom stereocenters. The summed E-state index contributed by atoms with van der Waals surface area (Å²) in [5.41, 5.74) is 3.50. The van der Waals surface area contributed by atoms with E-state index < -0.39 is 0 Å². The second-order valence-electron chi connectivity index (χ2n) is 11.3. The molecule has 0 aliphatic carbocycles. The lowest BCUT2D eigenvalue weighted by Crippen LogP contribution is -2.44. The number of pyridine rings is 1. The summed E-state index contributed by atoms with van der Waals surface area (Å²) in [4.78, 5) is 28.0. The molecule has 0 radical (unpaired) electrons. The minimum absolute atomic E-state index is 0.0305. The molecule has 4 heterocycles. The minimum atomic E-state index is -0.153. The van der Waals surface area contributed by atoms with Crippen LogP contribution in [0.2, 0.25) is 5.02 Å².